The molecular weight excluding hydrogens is 220 g/mol. The molecule has 0 aliphatic carbocycles. The predicted octanol–water partition coefficient (Wildman–Crippen LogP) is 0.644. The van der Waals surface area contributed by atoms with Crippen molar-refractivity contribution in [3.63, 3.8) is 0 Å². The van der Waals surface area contributed by atoms with Crippen molar-refractivity contribution in [2.24, 2.45) is 7.05 Å². The monoisotopic (exact) mass is 232 g/mol. The van der Waals surface area contributed by atoms with Gasteiger partial charge in [-0.3, -0.25) is 9.48 Å². The molecule has 0 fully saturated rings. The van der Waals surface area contributed by atoms with Crippen molar-refractivity contribution in [1.82, 2.24) is 20.0 Å². The van der Waals surface area contributed by atoms with Gasteiger partial charge in [-0.25, -0.2) is 4.98 Å². The summed E-state index contributed by atoms with van der Waals surface area (Å²) in [6.45, 7) is 0. The molecule has 6 nitrogen and oxygen atoms in total. The molecule has 2 heterocycles. The maximum absolute atomic E-state index is 12.0. The van der Waals surface area contributed by atoms with E-state index < -0.39 is 0 Å². The van der Waals surface area contributed by atoms with Crippen LogP contribution in [-0.2, 0) is 13.5 Å². The minimum atomic E-state index is -0.0875. The first-order valence-corrected chi connectivity index (χ1v) is 5.08. The number of ether oxygens (including phenoxy) is 1. The number of hydrogen-bond acceptors (Lipinski definition) is 5. The predicted molar refractivity (Wildman–Crippen MR) is 59.8 cm³/mol. The molecule has 0 amide bonds. The van der Waals surface area contributed by atoms with Crippen LogP contribution in [0.5, 0.6) is 5.88 Å². The number of aromatic nitrogens is 4. The zero-order chi connectivity index (χ0) is 12.3. The molecule has 2 rings (SSSR count). The molecule has 0 radical (unpaired) electrons. The van der Waals surface area contributed by atoms with E-state index in [0.717, 1.165) is 0 Å². The van der Waals surface area contributed by atoms with E-state index in [0.29, 0.717) is 17.1 Å². The number of carbonyl (C=O) groups is 1. The lowest BCUT2D eigenvalue weighted by Crippen LogP contribution is -2.07. The third-order valence-electron chi connectivity index (χ3n) is 2.26. The largest absolute Gasteiger partial charge is 0.480 e. The molecular formula is C11H12N4O2. The summed E-state index contributed by atoms with van der Waals surface area (Å²) in [4.78, 5) is 16.0. The fourth-order valence-corrected chi connectivity index (χ4v) is 1.50. The molecule has 0 aliphatic rings. The van der Waals surface area contributed by atoms with Crippen LogP contribution in [0.2, 0.25) is 0 Å². The van der Waals surface area contributed by atoms with Crippen LogP contribution < -0.4 is 4.74 Å². The maximum Gasteiger partial charge on any atom is 0.224 e. The Labute approximate surface area is 98.2 Å². The van der Waals surface area contributed by atoms with Crippen LogP contribution in [0, 0.1) is 0 Å². The third-order valence-corrected chi connectivity index (χ3v) is 2.26. The Morgan fingerprint density at radius 3 is 3.00 bits per heavy atom. The Kier molecular flexibility index (Phi) is 3.13. The molecule has 0 N–H and O–H groups in total. The Morgan fingerprint density at radius 1 is 1.53 bits per heavy atom. The quantitative estimate of drug-likeness (QED) is 0.724. The summed E-state index contributed by atoms with van der Waals surface area (Å²) in [5, 5.41) is 7.64. The Bertz CT molecular complexity index is 536. The highest BCUT2D eigenvalue weighted by molar-refractivity contribution is 5.99. The van der Waals surface area contributed by atoms with Crippen molar-refractivity contribution >= 4 is 5.78 Å². The number of rotatable bonds is 4. The average Bonchev–Trinajstić information content (AvgIpc) is 2.74. The summed E-state index contributed by atoms with van der Waals surface area (Å²) in [5.41, 5.74) is 1.09. The summed E-state index contributed by atoms with van der Waals surface area (Å²) in [7, 11) is 3.24. The lowest BCUT2D eigenvalue weighted by molar-refractivity contribution is 0.0988. The van der Waals surface area contributed by atoms with Gasteiger partial charge in [-0.2, -0.15) is 0 Å². The van der Waals surface area contributed by atoms with Crippen LogP contribution in [0.1, 0.15) is 16.1 Å². The fourth-order valence-electron chi connectivity index (χ4n) is 1.50. The van der Waals surface area contributed by atoms with Crippen LogP contribution in [0.15, 0.2) is 24.5 Å². The highest BCUT2D eigenvalue weighted by atomic mass is 16.5. The van der Waals surface area contributed by atoms with E-state index in [9.17, 15) is 4.79 Å². The molecule has 88 valence electrons. The maximum atomic E-state index is 12.0. The van der Waals surface area contributed by atoms with E-state index in [2.05, 4.69) is 15.3 Å². The van der Waals surface area contributed by atoms with Gasteiger partial charge < -0.3 is 4.74 Å². The first kappa shape index (κ1) is 11.3. The molecule has 0 aliphatic heterocycles. The lowest BCUT2D eigenvalue weighted by Gasteiger charge is -2.04. The number of methoxy groups -OCH3 is 1. The number of Topliss-reactive ketones (excluding diaryl/α,β-unsaturated/α-hetero) is 1. The van der Waals surface area contributed by atoms with Gasteiger partial charge in [0.15, 0.2) is 5.78 Å². The third kappa shape index (κ3) is 2.47. The standard InChI is InChI=1S/C11H12N4O2/c1-15-7-8(13-14-15)6-10(16)9-4-3-5-12-11(9)17-2/h3-5,7H,6H2,1-2H3. The normalized spacial score (nSPS) is 10.2. The van der Waals surface area contributed by atoms with Crippen molar-refractivity contribution < 1.29 is 9.53 Å². The molecule has 0 unspecified atom stereocenters. The van der Waals surface area contributed by atoms with Gasteiger partial charge in [-0.15, -0.1) is 5.10 Å². The highest BCUT2D eigenvalue weighted by Crippen LogP contribution is 2.15. The summed E-state index contributed by atoms with van der Waals surface area (Å²) >= 11 is 0. The second-order valence-corrected chi connectivity index (χ2v) is 3.54. The molecule has 2 aromatic rings. The van der Waals surface area contributed by atoms with Gasteiger partial charge in [-0.1, -0.05) is 5.21 Å². The number of pyridine rings is 1. The second-order valence-electron chi connectivity index (χ2n) is 3.54. The van der Waals surface area contributed by atoms with E-state index in [1.54, 1.807) is 36.3 Å². The Balaban J connectivity index is 2.20. The van der Waals surface area contributed by atoms with E-state index in [-0.39, 0.29) is 12.2 Å². The molecule has 0 bridgehead atoms. The van der Waals surface area contributed by atoms with Gasteiger partial charge >= 0.3 is 0 Å². The molecule has 0 saturated carbocycles. The number of carbonyl (C=O) groups excluding carboxylic acids is 1. The first-order chi connectivity index (χ1) is 8.20. The molecule has 0 saturated heterocycles. The van der Waals surface area contributed by atoms with Gasteiger partial charge in [0.05, 0.1) is 24.8 Å². The zero-order valence-corrected chi connectivity index (χ0v) is 9.62. The van der Waals surface area contributed by atoms with Crippen LogP contribution in [0.25, 0.3) is 0 Å². The van der Waals surface area contributed by atoms with E-state index in [1.807, 2.05) is 0 Å². The Morgan fingerprint density at radius 2 is 2.35 bits per heavy atom. The molecule has 0 atom stereocenters. The number of ketones is 1. The van der Waals surface area contributed by atoms with Crippen molar-refractivity contribution in [1.29, 1.82) is 0 Å². The second kappa shape index (κ2) is 4.73. The minimum Gasteiger partial charge on any atom is -0.480 e. The number of hydrogen-bond donors (Lipinski definition) is 0. The topological polar surface area (TPSA) is 69.9 Å². The highest BCUT2D eigenvalue weighted by Gasteiger charge is 2.14. The molecule has 0 aromatic carbocycles. The minimum absolute atomic E-state index is 0.0875. The smallest absolute Gasteiger partial charge is 0.224 e. The molecule has 0 spiro atoms. The Hall–Kier alpha value is -2.24. The van der Waals surface area contributed by atoms with Gasteiger partial charge in [0.25, 0.3) is 0 Å². The van der Waals surface area contributed by atoms with Crippen LogP contribution >= 0.6 is 0 Å². The summed E-state index contributed by atoms with van der Waals surface area (Å²) in [6.07, 6.45) is 3.48. The summed E-state index contributed by atoms with van der Waals surface area (Å²) in [5.74, 6) is 0.247. The molecule has 2 aromatic heterocycles. The summed E-state index contributed by atoms with van der Waals surface area (Å²) < 4.78 is 6.59. The molecule has 17 heavy (non-hydrogen) atoms. The van der Waals surface area contributed by atoms with E-state index >= 15 is 0 Å². The summed E-state index contributed by atoms with van der Waals surface area (Å²) in [6, 6.07) is 3.39. The van der Waals surface area contributed by atoms with Crippen LogP contribution in [-0.4, -0.2) is 32.9 Å². The van der Waals surface area contributed by atoms with Crippen LogP contribution in [0.3, 0.4) is 0 Å². The number of aryl methyl sites for hydroxylation is 1. The van der Waals surface area contributed by atoms with Gasteiger partial charge in [0, 0.05) is 19.4 Å². The first-order valence-electron chi connectivity index (χ1n) is 5.08. The fraction of sp³-hybridized carbons (Fsp3) is 0.273. The van der Waals surface area contributed by atoms with Gasteiger partial charge in [0.1, 0.15) is 0 Å². The van der Waals surface area contributed by atoms with Crippen molar-refractivity contribution in [3.8, 4) is 5.88 Å². The van der Waals surface area contributed by atoms with E-state index in [4.69, 9.17) is 4.74 Å². The average molecular weight is 232 g/mol. The van der Waals surface area contributed by atoms with Gasteiger partial charge in [-0.05, 0) is 12.1 Å². The van der Waals surface area contributed by atoms with Gasteiger partial charge in [0.2, 0.25) is 5.88 Å². The van der Waals surface area contributed by atoms with Crippen LogP contribution in [0.4, 0.5) is 0 Å². The van der Waals surface area contributed by atoms with E-state index in [1.165, 1.54) is 7.11 Å². The zero-order valence-electron chi connectivity index (χ0n) is 9.62. The van der Waals surface area contributed by atoms with Crippen molar-refractivity contribution in [2.45, 2.75) is 6.42 Å². The SMILES string of the molecule is COc1ncccc1C(=O)Cc1cn(C)nn1. The van der Waals surface area contributed by atoms with Crippen molar-refractivity contribution in [3.05, 3.63) is 35.8 Å². The lowest BCUT2D eigenvalue weighted by atomic mass is 10.1. The number of nitrogens with zero attached hydrogens (tertiary/aromatic N) is 4. The van der Waals surface area contributed by atoms with Crippen molar-refractivity contribution in [2.75, 3.05) is 7.11 Å². The molecule has 6 heteroatoms.